The van der Waals surface area contributed by atoms with E-state index in [1.54, 1.807) is 19.2 Å². The van der Waals surface area contributed by atoms with Crippen molar-refractivity contribution in [2.24, 2.45) is 12.2 Å². The van der Waals surface area contributed by atoms with Crippen molar-refractivity contribution in [2.45, 2.75) is 0 Å². The molecule has 0 amide bonds. The fraction of sp³-hybridized carbons (Fsp3) is 0.0909. The quantitative estimate of drug-likeness (QED) is 0.448. The number of benzene rings is 1. The van der Waals surface area contributed by atoms with Crippen LogP contribution in [0.1, 0.15) is 0 Å². The lowest BCUT2D eigenvalue weighted by Crippen LogP contribution is -2.20. The van der Waals surface area contributed by atoms with E-state index < -0.39 is 0 Å². The van der Waals surface area contributed by atoms with E-state index in [0.717, 1.165) is 0 Å². The molecule has 0 aliphatic rings. The normalized spacial score (nSPS) is 9.71. The standard InChI is InChI=1S/C11H9N5O/c1-16-11(17)10(8-5-3-2-4-6-8)9(7-13-16)14-15-12/h2-7H,1H3. The van der Waals surface area contributed by atoms with E-state index in [-0.39, 0.29) is 11.2 Å². The molecular weight excluding hydrogens is 218 g/mol. The second-order valence-electron chi connectivity index (χ2n) is 3.39. The van der Waals surface area contributed by atoms with Gasteiger partial charge in [-0.2, -0.15) is 5.10 Å². The lowest BCUT2D eigenvalue weighted by molar-refractivity contribution is 0.710. The van der Waals surface area contributed by atoms with E-state index in [9.17, 15) is 4.79 Å². The summed E-state index contributed by atoms with van der Waals surface area (Å²) >= 11 is 0. The molecule has 84 valence electrons. The van der Waals surface area contributed by atoms with Crippen molar-refractivity contribution >= 4 is 5.69 Å². The summed E-state index contributed by atoms with van der Waals surface area (Å²) in [5, 5.41) is 7.31. The number of rotatable bonds is 2. The molecule has 0 saturated heterocycles. The highest BCUT2D eigenvalue weighted by Crippen LogP contribution is 2.25. The Morgan fingerprint density at radius 2 is 2.06 bits per heavy atom. The highest BCUT2D eigenvalue weighted by atomic mass is 16.1. The van der Waals surface area contributed by atoms with Gasteiger partial charge in [-0.1, -0.05) is 35.4 Å². The third-order valence-electron chi connectivity index (χ3n) is 2.33. The van der Waals surface area contributed by atoms with Crippen LogP contribution in [0.5, 0.6) is 0 Å². The van der Waals surface area contributed by atoms with E-state index in [0.29, 0.717) is 11.1 Å². The largest absolute Gasteiger partial charge is 0.274 e. The first kappa shape index (κ1) is 10.9. The fourth-order valence-corrected chi connectivity index (χ4v) is 1.53. The van der Waals surface area contributed by atoms with Crippen LogP contribution in [0.3, 0.4) is 0 Å². The molecule has 0 unspecified atom stereocenters. The number of nitrogens with zero attached hydrogens (tertiary/aromatic N) is 5. The van der Waals surface area contributed by atoms with Crippen molar-refractivity contribution < 1.29 is 0 Å². The molecule has 17 heavy (non-hydrogen) atoms. The summed E-state index contributed by atoms with van der Waals surface area (Å²) in [6.07, 6.45) is 1.38. The zero-order valence-corrected chi connectivity index (χ0v) is 9.11. The van der Waals surface area contributed by atoms with Gasteiger partial charge < -0.3 is 0 Å². The zero-order chi connectivity index (χ0) is 12.3. The summed E-state index contributed by atoms with van der Waals surface area (Å²) in [6, 6.07) is 9.05. The van der Waals surface area contributed by atoms with Crippen molar-refractivity contribution in [3.8, 4) is 11.1 Å². The van der Waals surface area contributed by atoms with Crippen LogP contribution in [-0.2, 0) is 7.05 Å². The number of azide groups is 1. The van der Waals surface area contributed by atoms with Crippen molar-refractivity contribution in [1.82, 2.24) is 9.78 Å². The van der Waals surface area contributed by atoms with Crippen LogP contribution in [0.25, 0.3) is 21.6 Å². The van der Waals surface area contributed by atoms with Crippen LogP contribution in [0, 0.1) is 0 Å². The smallest absolute Gasteiger partial charge is 0.267 e. The molecule has 6 nitrogen and oxygen atoms in total. The molecule has 2 aromatic rings. The molecule has 1 aromatic carbocycles. The number of hydrogen-bond donors (Lipinski definition) is 0. The molecule has 1 aromatic heterocycles. The van der Waals surface area contributed by atoms with Gasteiger partial charge in [0.05, 0.1) is 17.4 Å². The van der Waals surface area contributed by atoms with Gasteiger partial charge in [-0.25, -0.2) is 4.68 Å². The summed E-state index contributed by atoms with van der Waals surface area (Å²) in [6.45, 7) is 0. The zero-order valence-electron chi connectivity index (χ0n) is 9.11. The maximum absolute atomic E-state index is 12.0. The highest BCUT2D eigenvalue weighted by molar-refractivity contribution is 5.73. The van der Waals surface area contributed by atoms with Gasteiger partial charge in [0, 0.05) is 12.0 Å². The minimum Gasteiger partial charge on any atom is -0.267 e. The minimum atomic E-state index is -0.291. The molecule has 0 atom stereocenters. The first-order chi connectivity index (χ1) is 8.24. The molecule has 0 fully saturated rings. The van der Waals surface area contributed by atoms with Gasteiger partial charge in [-0.3, -0.25) is 4.79 Å². The van der Waals surface area contributed by atoms with Crippen molar-refractivity contribution in [3.63, 3.8) is 0 Å². The lowest BCUT2D eigenvalue weighted by atomic mass is 10.1. The number of hydrogen-bond acceptors (Lipinski definition) is 3. The molecule has 2 rings (SSSR count). The molecule has 0 N–H and O–H groups in total. The summed E-state index contributed by atoms with van der Waals surface area (Å²) in [5.74, 6) is 0. The van der Waals surface area contributed by atoms with E-state index in [1.165, 1.54) is 10.9 Å². The van der Waals surface area contributed by atoms with Gasteiger partial charge in [-0.15, -0.1) is 0 Å². The molecule has 0 radical (unpaired) electrons. The Kier molecular flexibility index (Phi) is 2.89. The second kappa shape index (κ2) is 4.51. The van der Waals surface area contributed by atoms with Crippen LogP contribution < -0.4 is 5.56 Å². The van der Waals surface area contributed by atoms with Gasteiger partial charge in [0.2, 0.25) is 0 Å². The summed E-state index contributed by atoms with van der Waals surface area (Å²) < 4.78 is 1.21. The van der Waals surface area contributed by atoms with E-state index >= 15 is 0 Å². The first-order valence-electron chi connectivity index (χ1n) is 4.91. The molecule has 0 aliphatic carbocycles. The lowest BCUT2D eigenvalue weighted by Gasteiger charge is -2.05. The third kappa shape index (κ3) is 2.02. The maximum Gasteiger partial charge on any atom is 0.274 e. The SMILES string of the molecule is Cn1ncc(N=[N+]=[N-])c(-c2ccccc2)c1=O. The molecule has 1 heterocycles. The van der Waals surface area contributed by atoms with Crippen LogP contribution in [0.2, 0.25) is 0 Å². The molecule has 0 saturated carbocycles. The Morgan fingerprint density at radius 3 is 2.71 bits per heavy atom. The van der Waals surface area contributed by atoms with Crippen LogP contribution in [0.15, 0.2) is 46.4 Å². The van der Waals surface area contributed by atoms with Gasteiger partial charge in [-0.05, 0) is 11.1 Å². The number of aryl methyl sites for hydroxylation is 1. The minimum absolute atomic E-state index is 0.238. The molecule has 0 aliphatic heterocycles. The summed E-state index contributed by atoms with van der Waals surface area (Å²) in [5.41, 5.74) is 9.49. The Morgan fingerprint density at radius 1 is 1.35 bits per heavy atom. The summed E-state index contributed by atoms with van der Waals surface area (Å²) in [4.78, 5) is 14.7. The Bertz CT molecular complexity index is 641. The third-order valence-corrected chi connectivity index (χ3v) is 2.33. The monoisotopic (exact) mass is 227 g/mol. The van der Waals surface area contributed by atoms with Crippen molar-refractivity contribution in [2.75, 3.05) is 0 Å². The molecule has 0 spiro atoms. The van der Waals surface area contributed by atoms with Crippen LogP contribution in [0.4, 0.5) is 5.69 Å². The molecule has 0 bridgehead atoms. The molecular formula is C11H9N5O. The average molecular weight is 227 g/mol. The van der Waals surface area contributed by atoms with Gasteiger partial charge >= 0.3 is 0 Å². The highest BCUT2D eigenvalue weighted by Gasteiger charge is 2.10. The van der Waals surface area contributed by atoms with E-state index in [2.05, 4.69) is 15.1 Å². The Labute approximate surface area is 96.8 Å². The van der Waals surface area contributed by atoms with Gasteiger partial charge in [0.15, 0.2) is 0 Å². The van der Waals surface area contributed by atoms with Crippen LogP contribution >= 0.6 is 0 Å². The van der Waals surface area contributed by atoms with Crippen LogP contribution in [-0.4, -0.2) is 9.78 Å². The van der Waals surface area contributed by atoms with Gasteiger partial charge in [0.25, 0.3) is 5.56 Å². The predicted molar refractivity (Wildman–Crippen MR) is 63.7 cm³/mol. The van der Waals surface area contributed by atoms with Gasteiger partial charge in [0.1, 0.15) is 0 Å². The maximum atomic E-state index is 12.0. The molecule has 6 heteroatoms. The van der Waals surface area contributed by atoms with E-state index in [4.69, 9.17) is 5.53 Å². The predicted octanol–water partition coefficient (Wildman–Crippen LogP) is 2.39. The number of aromatic nitrogens is 2. The average Bonchev–Trinajstić information content (AvgIpc) is 2.36. The van der Waals surface area contributed by atoms with Crippen molar-refractivity contribution in [3.05, 3.63) is 57.3 Å². The Hall–Kier alpha value is -2.59. The summed E-state index contributed by atoms with van der Waals surface area (Å²) in [7, 11) is 1.55. The fourth-order valence-electron chi connectivity index (χ4n) is 1.53. The van der Waals surface area contributed by atoms with E-state index in [1.807, 2.05) is 18.2 Å². The van der Waals surface area contributed by atoms with Crippen molar-refractivity contribution in [1.29, 1.82) is 0 Å². The Balaban J connectivity index is 2.79. The second-order valence-corrected chi connectivity index (χ2v) is 3.39. The topological polar surface area (TPSA) is 83.7 Å². The first-order valence-corrected chi connectivity index (χ1v) is 4.91.